The number of hydrogen-bond acceptors (Lipinski definition) is 4. The van der Waals surface area contributed by atoms with Gasteiger partial charge in [-0.2, -0.15) is 0 Å². The van der Waals surface area contributed by atoms with Gasteiger partial charge in [0.25, 0.3) is 0 Å². The molecule has 1 aliphatic carbocycles. The zero-order valence-corrected chi connectivity index (χ0v) is 17.6. The minimum Gasteiger partial charge on any atom is -0.350 e. The van der Waals surface area contributed by atoms with Gasteiger partial charge in [-0.25, -0.2) is 0 Å². The second-order valence-corrected chi connectivity index (χ2v) is 8.50. The van der Waals surface area contributed by atoms with E-state index >= 15 is 0 Å². The van der Waals surface area contributed by atoms with Crippen molar-refractivity contribution in [2.24, 2.45) is 5.92 Å². The minimum atomic E-state index is -0.404. The van der Waals surface area contributed by atoms with Gasteiger partial charge in [0.05, 0.1) is 12.6 Å². The molecule has 1 aromatic carbocycles. The summed E-state index contributed by atoms with van der Waals surface area (Å²) < 4.78 is 0. The van der Waals surface area contributed by atoms with E-state index in [2.05, 4.69) is 10.6 Å². The molecule has 0 bridgehead atoms. The zero-order valence-electron chi connectivity index (χ0n) is 17.6. The fraction of sp³-hybridized carbons (Fsp3) is 0.609. The molecule has 158 valence electrons. The number of Topliss-reactive ketones (excluding diaryl/α,β-unsaturated/α-hetero) is 1. The molecule has 0 spiro atoms. The van der Waals surface area contributed by atoms with Gasteiger partial charge >= 0.3 is 0 Å². The average Bonchev–Trinajstić information content (AvgIpc) is 2.67. The quantitative estimate of drug-likeness (QED) is 0.703. The first-order chi connectivity index (χ1) is 14.0. The van der Waals surface area contributed by atoms with E-state index in [0.29, 0.717) is 19.5 Å². The largest absolute Gasteiger partial charge is 0.350 e. The SMILES string of the molecule is CC(=O)CNC(C(=O)N1CCC1C(=O)NCc1ccc(C)cc1)C1CCCCC1. The second kappa shape index (κ2) is 10.0. The van der Waals surface area contributed by atoms with Crippen molar-refractivity contribution in [1.29, 1.82) is 0 Å². The van der Waals surface area contributed by atoms with Gasteiger partial charge in [-0.05, 0) is 44.6 Å². The molecule has 1 heterocycles. The van der Waals surface area contributed by atoms with Crippen molar-refractivity contribution < 1.29 is 14.4 Å². The summed E-state index contributed by atoms with van der Waals surface area (Å²) in [6, 6.07) is 7.28. The molecule has 2 N–H and O–H groups in total. The molecule has 1 saturated carbocycles. The summed E-state index contributed by atoms with van der Waals surface area (Å²) in [5.41, 5.74) is 2.23. The van der Waals surface area contributed by atoms with Crippen LogP contribution in [0.2, 0.25) is 0 Å². The first-order valence-electron chi connectivity index (χ1n) is 10.8. The number of carbonyl (C=O) groups is 3. The number of rotatable bonds is 8. The first-order valence-corrected chi connectivity index (χ1v) is 10.8. The number of nitrogens with zero attached hydrogens (tertiary/aromatic N) is 1. The highest BCUT2D eigenvalue weighted by Crippen LogP contribution is 2.29. The van der Waals surface area contributed by atoms with E-state index in [1.165, 1.54) is 18.9 Å². The molecule has 1 saturated heterocycles. The Morgan fingerprint density at radius 1 is 1.07 bits per heavy atom. The Balaban J connectivity index is 1.59. The lowest BCUT2D eigenvalue weighted by molar-refractivity contribution is -0.150. The van der Waals surface area contributed by atoms with E-state index in [1.807, 2.05) is 31.2 Å². The van der Waals surface area contributed by atoms with Crippen LogP contribution in [0, 0.1) is 12.8 Å². The van der Waals surface area contributed by atoms with E-state index < -0.39 is 6.04 Å². The van der Waals surface area contributed by atoms with Gasteiger partial charge in [-0.15, -0.1) is 0 Å². The predicted molar refractivity (Wildman–Crippen MR) is 112 cm³/mol. The number of likely N-dealkylation sites (tertiary alicyclic amines) is 1. The first kappa shape index (κ1) is 21.5. The third-order valence-corrected chi connectivity index (χ3v) is 6.15. The van der Waals surface area contributed by atoms with Gasteiger partial charge in [0.1, 0.15) is 11.8 Å². The van der Waals surface area contributed by atoms with Crippen molar-refractivity contribution in [3.63, 3.8) is 0 Å². The van der Waals surface area contributed by atoms with Crippen molar-refractivity contribution in [1.82, 2.24) is 15.5 Å². The van der Waals surface area contributed by atoms with Crippen LogP contribution >= 0.6 is 0 Å². The highest BCUT2D eigenvalue weighted by atomic mass is 16.2. The monoisotopic (exact) mass is 399 g/mol. The molecule has 6 heteroatoms. The van der Waals surface area contributed by atoms with Crippen LogP contribution < -0.4 is 10.6 Å². The van der Waals surface area contributed by atoms with E-state index in [-0.39, 0.29) is 36.1 Å². The van der Waals surface area contributed by atoms with Crippen LogP contribution in [0.1, 0.15) is 56.6 Å². The molecule has 29 heavy (non-hydrogen) atoms. The molecule has 1 aliphatic heterocycles. The maximum Gasteiger partial charge on any atom is 0.243 e. The number of nitrogens with one attached hydrogen (secondary N) is 2. The van der Waals surface area contributed by atoms with Crippen LogP contribution in [-0.4, -0.2) is 47.7 Å². The van der Waals surface area contributed by atoms with Crippen molar-refractivity contribution in [3.05, 3.63) is 35.4 Å². The molecule has 0 aromatic heterocycles. The predicted octanol–water partition coefficient (Wildman–Crippen LogP) is 2.34. The van der Waals surface area contributed by atoms with E-state index in [9.17, 15) is 14.4 Å². The number of hydrogen-bond donors (Lipinski definition) is 2. The fourth-order valence-corrected chi connectivity index (χ4v) is 4.29. The van der Waals surface area contributed by atoms with Gasteiger partial charge in [0.15, 0.2) is 0 Å². The van der Waals surface area contributed by atoms with E-state index in [4.69, 9.17) is 0 Å². The lowest BCUT2D eigenvalue weighted by atomic mass is 9.82. The van der Waals surface area contributed by atoms with E-state index in [1.54, 1.807) is 4.90 Å². The Bertz CT molecular complexity index is 725. The minimum absolute atomic E-state index is 0.0228. The third kappa shape index (κ3) is 5.66. The standard InChI is InChI=1S/C23H33N3O3/c1-16-8-10-18(11-9-16)15-25-22(28)20-12-13-26(20)23(29)21(24-14-17(2)27)19-6-4-3-5-7-19/h8-11,19-21,24H,3-7,12-15H2,1-2H3,(H,25,28). The lowest BCUT2D eigenvalue weighted by Crippen LogP contribution is -2.63. The molecule has 2 fully saturated rings. The molecular weight excluding hydrogens is 366 g/mol. The van der Waals surface area contributed by atoms with Crippen molar-refractivity contribution in [3.8, 4) is 0 Å². The van der Waals surface area contributed by atoms with Gasteiger partial charge in [0.2, 0.25) is 11.8 Å². The molecule has 2 atom stereocenters. The number of ketones is 1. The Hall–Kier alpha value is -2.21. The van der Waals surface area contributed by atoms with Crippen LogP contribution in [0.25, 0.3) is 0 Å². The highest BCUT2D eigenvalue weighted by molar-refractivity contribution is 5.92. The highest BCUT2D eigenvalue weighted by Gasteiger charge is 2.42. The van der Waals surface area contributed by atoms with Crippen LogP contribution in [0.15, 0.2) is 24.3 Å². The maximum atomic E-state index is 13.2. The summed E-state index contributed by atoms with van der Waals surface area (Å²) in [5, 5.41) is 6.15. The summed E-state index contributed by atoms with van der Waals surface area (Å²) in [6.07, 6.45) is 6.14. The number of amides is 2. The maximum absolute atomic E-state index is 13.2. The Morgan fingerprint density at radius 2 is 1.76 bits per heavy atom. The normalized spacial score (nSPS) is 20.6. The molecule has 2 amide bonds. The summed E-state index contributed by atoms with van der Waals surface area (Å²) in [4.78, 5) is 39.1. The topological polar surface area (TPSA) is 78.5 Å². The average molecular weight is 400 g/mol. The Kier molecular flexibility index (Phi) is 7.42. The number of carbonyl (C=O) groups excluding carboxylic acids is 3. The Labute approximate surface area is 173 Å². The van der Waals surface area contributed by atoms with Crippen molar-refractivity contribution in [2.75, 3.05) is 13.1 Å². The van der Waals surface area contributed by atoms with Crippen LogP contribution in [0.5, 0.6) is 0 Å². The molecule has 6 nitrogen and oxygen atoms in total. The fourth-order valence-electron chi connectivity index (χ4n) is 4.29. The summed E-state index contributed by atoms with van der Waals surface area (Å²) in [5.74, 6) is 0.140. The van der Waals surface area contributed by atoms with Gasteiger partial charge in [0, 0.05) is 13.1 Å². The molecular formula is C23H33N3O3. The summed E-state index contributed by atoms with van der Waals surface area (Å²) in [7, 11) is 0. The second-order valence-electron chi connectivity index (χ2n) is 8.50. The molecule has 0 radical (unpaired) electrons. The third-order valence-electron chi connectivity index (χ3n) is 6.15. The number of benzene rings is 1. The van der Waals surface area contributed by atoms with Crippen LogP contribution in [-0.2, 0) is 20.9 Å². The lowest BCUT2D eigenvalue weighted by Gasteiger charge is -2.43. The van der Waals surface area contributed by atoms with Crippen molar-refractivity contribution >= 4 is 17.6 Å². The molecule has 2 aliphatic rings. The smallest absolute Gasteiger partial charge is 0.243 e. The summed E-state index contributed by atoms with van der Waals surface area (Å²) >= 11 is 0. The molecule has 2 unspecified atom stereocenters. The van der Waals surface area contributed by atoms with Crippen LogP contribution in [0.4, 0.5) is 0 Å². The van der Waals surface area contributed by atoms with Gasteiger partial charge in [-0.3, -0.25) is 19.7 Å². The summed E-state index contributed by atoms with van der Waals surface area (Å²) in [6.45, 7) is 4.83. The molecule has 1 aromatic rings. The number of aryl methyl sites for hydroxylation is 1. The van der Waals surface area contributed by atoms with Crippen LogP contribution in [0.3, 0.4) is 0 Å². The van der Waals surface area contributed by atoms with E-state index in [0.717, 1.165) is 31.2 Å². The van der Waals surface area contributed by atoms with Crippen molar-refractivity contribution in [2.45, 2.75) is 71.0 Å². The molecule has 3 rings (SSSR count). The van der Waals surface area contributed by atoms with Gasteiger partial charge < -0.3 is 10.2 Å². The zero-order chi connectivity index (χ0) is 20.8. The Morgan fingerprint density at radius 3 is 2.34 bits per heavy atom. The van der Waals surface area contributed by atoms with Gasteiger partial charge in [-0.1, -0.05) is 49.1 Å².